The Morgan fingerprint density at radius 3 is 2.68 bits per heavy atom. The average Bonchev–Trinajstić information content (AvgIpc) is 2.53. The molecule has 1 fully saturated rings. The van der Waals surface area contributed by atoms with Gasteiger partial charge in [0.2, 0.25) is 0 Å². The highest BCUT2D eigenvalue weighted by molar-refractivity contribution is 7.71. The first-order valence-corrected chi connectivity index (χ1v) is 8.89. The number of ether oxygens (including phenoxy) is 1. The maximum absolute atomic E-state index is 6.49. The van der Waals surface area contributed by atoms with Gasteiger partial charge in [-0.1, -0.05) is 13.3 Å². The molecule has 116 valence electrons. The summed E-state index contributed by atoms with van der Waals surface area (Å²) in [5, 5.41) is 1.19. The molecule has 0 saturated heterocycles. The van der Waals surface area contributed by atoms with E-state index in [1.54, 1.807) is 0 Å². The Labute approximate surface area is 136 Å². The molecule has 1 aliphatic heterocycles. The van der Waals surface area contributed by atoms with E-state index in [1.807, 2.05) is 6.07 Å². The summed E-state index contributed by atoms with van der Waals surface area (Å²) in [5.74, 6) is 1.02. The van der Waals surface area contributed by atoms with E-state index in [1.165, 1.54) is 48.6 Å². The standard InChI is InChI=1S/C19H22O2S/c1-2-13-11-18(22)20-17-12-16-14(10-15(13)17)6-9-19(21-16)7-4-3-5-8-19/h10-12H,2-9H2,1H3. The van der Waals surface area contributed by atoms with Crippen molar-refractivity contribution < 1.29 is 9.15 Å². The van der Waals surface area contributed by atoms with Crippen molar-refractivity contribution in [3.63, 3.8) is 0 Å². The average molecular weight is 314 g/mol. The Morgan fingerprint density at radius 2 is 1.91 bits per heavy atom. The second-order valence-electron chi connectivity index (χ2n) is 6.75. The molecule has 1 saturated carbocycles. The van der Waals surface area contributed by atoms with Crippen molar-refractivity contribution in [3.05, 3.63) is 34.0 Å². The van der Waals surface area contributed by atoms with Crippen molar-refractivity contribution in [2.45, 2.75) is 63.9 Å². The van der Waals surface area contributed by atoms with Crippen molar-refractivity contribution in [2.75, 3.05) is 0 Å². The molecule has 1 aliphatic carbocycles. The molecule has 1 aromatic carbocycles. The Bertz CT molecular complexity index is 769. The maximum Gasteiger partial charge on any atom is 0.191 e. The van der Waals surface area contributed by atoms with Crippen LogP contribution >= 0.6 is 12.2 Å². The molecule has 0 amide bonds. The van der Waals surface area contributed by atoms with Gasteiger partial charge in [0.25, 0.3) is 0 Å². The Hall–Kier alpha value is -1.35. The molecule has 2 nitrogen and oxygen atoms in total. The molecule has 0 atom stereocenters. The summed E-state index contributed by atoms with van der Waals surface area (Å²) in [7, 11) is 0. The van der Waals surface area contributed by atoms with E-state index in [0.717, 1.165) is 30.6 Å². The summed E-state index contributed by atoms with van der Waals surface area (Å²) < 4.78 is 12.8. The van der Waals surface area contributed by atoms with Crippen LogP contribution < -0.4 is 4.74 Å². The molecule has 2 aliphatic rings. The summed E-state index contributed by atoms with van der Waals surface area (Å²) >= 11 is 5.26. The molecule has 0 unspecified atom stereocenters. The third-order valence-corrected chi connectivity index (χ3v) is 5.53. The van der Waals surface area contributed by atoms with Crippen LogP contribution in [0.5, 0.6) is 5.75 Å². The summed E-state index contributed by atoms with van der Waals surface area (Å²) in [6.45, 7) is 2.16. The molecule has 1 spiro atoms. The molecular weight excluding hydrogens is 292 g/mol. The SMILES string of the molecule is CCc1cc(=S)oc2cc3c(cc12)CCC1(CCCCC1)O3. The molecule has 0 radical (unpaired) electrons. The van der Waals surface area contributed by atoms with Gasteiger partial charge in [0.05, 0.1) is 0 Å². The van der Waals surface area contributed by atoms with Crippen LogP contribution in [0.15, 0.2) is 22.6 Å². The van der Waals surface area contributed by atoms with E-state index < -0.39 is 0 Å². The first-order chi connectivity index (χ1) is 10.7. The highest BCUT2D eigenvalue weighted by Gasteiger charge is 2.37. The lowest BCUT2D eigenvalue weighted by Crippen LogP contribution is -2.41. The zero-order chi connectivity index (χ0) is 15.2. The van der Waals surface area contributed by atoms with Crippen LogP contribution in [0, 0.1) is 4.71 Å². The third kappa shape index (κ3) is 2.36. The minimum absolute atomic E-state index is 0.0814. The van der Waals surface area contributed by atoms with Gasteiger partial charge >= 0.3 is 0 Å². The lowest BCUT2D eigenvalue weighted by Gasteiger charge is -2.41. The van der Waals surface area contributed by atoms with Crippen LogP contribution in [0.1, 0.15) is 56.6 Å². The molecule has 0 bridgehead atoms. The van der Waals surface area contributed by atoms with E-state index in [9.17, 15) is 0 Å². The summed E-state index contributed by atoms with van der Waals surface area (Å²) in [6, 6.07) is 6.32. The number of hydrogen-bond acceptors (Lipinski definition) is 3. The monoisotopic (exact) mass is 314 g/mol. The van der Waals surface area contributed by atoms with Crippen LogP contribution in [0.25, 0.3) is 11.0 Å². The van der Waals surface area contributed by atoms with Crippen LogP contribution in [0.4, 0.5) is 0 Å². The van der Waals surface area contributed by atoms with E-state index in [-0.39, 0.29) is 5.60 Å². The third-order valence-electron chi connectivity index (χ3n) is 5.33. The van der Waals surface area contributed by atoms with Crippen molar-refractivity contribution in [1.82, 2.24) is 0 Å². The van der Waals surface area contributed by atoms with E-state index in [2.05, 4.69) is 19.1 Å². The summed E-state index contributed by atoms with van der Waals surface area (Å²) in [6.07, 6.45) is 9.58. The molecule has 3 heteroatoms. The van der Waals surface area contributed by atoms with Gasteiger partial charge in [-0.2, -0.15) is 0 Å². The van der Waals surface area contributed by atoms with Crippen LogP contribution in [0.2, 0.25) is 0 Å². The minimum Gasteiger partial charge on any atom is -0.487 e. The molecule has 0 N–H and O–H groups in total. The molecule has 4 rings (SSSR count). The topological polar surface area (TPSA) is 22.4 Å². The van der Waals surface area contributed by atoms with Crippen molar-refractivity contribution in [2.24, 2.45) is 0 Å². The van der Waals surface area contributed by atoms with Gasteiger partial charge in [-0.25, -0.2) is 0 Å². The van der Waals surface area contributed by atoms with Gasteiger partial charge in [-0.15, -0.1) is 0 Å². The Kier molecular flexibility index (Phi) is 3.48. The molecule has 22 heavy (non-hydrogen) atoms. The normalized spacial score (nSPS) is 19.9. The molecule has 2 aromatic rings. The van der Waals surface area contributed by atoms with Gasteiger partial charge in [0.1, 0.15) is 16.9 Å². The largest absolute Gasteiger partial charge is 0.487 e. The fourth-order valence-corrected chi connectivity index (χ4v) is 4.31. The van der Waals surface area contributed by atoms with Crippen molar-refractivity contribution in [1.29, 1.82) is 0 Å². The fourth-order valence-electron chi connectivity index (χ4n) is 4.08. The Morgan fingerprint density at radius 1 is 1.09 bits per heavy atom. The second kappa shape index (κ2) is 5.38. The zero-order valence-corrected chi connectivity index (χ0v) is 13.9. The van der Waals surface area contributed by atoms with Gasteiger partial charge in [-0.05, 0) is 80.4 Å². The van der Waals surface area contributed by atoms with E-state index in [4.69, 9.17) is 21.4 Å². The summed E-state index contributed by atoms with van der Waals surface area (Å²) in [4.78, 5) is 0. The quantitative estimate of drug-likeness (QED) is 0.625. The van der Waals surface area contributed by atoms with E-state index in [0.29, 0.717) is 4.71 Å². The predicted octanol–water partition coefficient (Wildman–Crippen LogP) is 5.75. The number of fused-ring (bicyclic) bond motifs is 2. The fraction of sp³-hybridized carbons (Fsp3) is 0.526. The second-order valence-corrected chi connectivity index (χ2v) is 7.15. The highest BCUT2D eigenvalue weighted by Crippen LogP contribution is 2.43. The van der Waals surface area contributed by atoms with Crippen LogP contribution in [-0.2, 0) is 12.8 Å². The van der Waals surface area contributed by atoms with Gasteiger partial charge in [0.15, 0.2) is 4.71 Å². The van der Waals surface area contributed by atoms with Crippen LogP contribution in [0.3, 0.4) is 0 Å². The Balaban J connectivity index is 1.81. The maximum atomic E-state index is 6.49. The number of hydrogen-bond donors (Lipinski definition) is 0. The molecular formula is C19H22O2S. The zero-order valence-electron chi connectivity index (χ0n) is 13.1. The first-order valence-electron chi connectivity index (χ1n) is 8.48. The number of benzene rings is 1. The number of aryl methyl sites for hydroxylation is 2. The molecule has 1 aromatic heterocycles. The van der Waals surface area contributed by atoms with E-state index >= 15 is 0 Å². The first kappa shape index (κ1) is 14.3. The van der Waals surface area contributed by atoms with Crippen molar-refractivity contribution in [3.8, 4) is 5.75 Å². The lowest BCUT2D eigenvalue weighted by atomic mass is 9.79. The van der Waals surface area contributed by atoms with Gasteiger partial charge in [0, 0.05) is 11.5 Å². The smallest absolute Gasteiger partial charge is 0.191 e. The van der Waals surface area contributed by atoms with Gasteiger partial charge < -0.3 is 9.15 Å². The lowest BCUT2D eigenvalue weighted by molar-refractivity contribution is 0.0109. The number of rotatable bonds is 1. The molecule has 2 heterocycles. The van der Waals surface area contributed by atoms with Crippen molar-refractivity contribution >= 4 is 23.2 Å². The summed E-state index contributed by atoms with van der Waals surface area (Å²) in [5.41, 5.74) is 3.55. The van der Waals surface area contributed by atoms with Crippen LogP contribution in [-0.4, -0.2) is 5.60 Å². The minimum atomic E-state index is 0.0814. The highest BCUT2D eigenvalue weighted by atomic mass is 32.1. The predicted molar refractivity (Wildman–Crippen MR) is 91.2 cm³/mol. The van der Waals surface area contributed by atoms with Gasteiger partial charge in [-0.3, -0.25) is 0 Å².